The Bertz CT molecular complexity index is 404. The van der Waals surface area contributed by atoms with E-state index in [0.29, 0.717) is 0 Å². The fourth-order valence-corrected chi connectivity index (χ4v) is 4.24. The smallest absolute Gasteiger partial charge is 0.0775 e. The lowest BCUT2D eigenvalue weighted by Crippen LogP contribution is -2.37. The molecule has 0 aromatic heterocycles. The lowest BCUT2D eigenvalue weighted by molar-refractivity contribution is 0.447. The third-order valence-electron chi connectivity index (χ3n) is 4.67. The van der Waals surface area contributed by atoms with Crippen molar-refractivity contribution < 1.29 is 0 Å². The summed E-state index contributed by atoms with van der Waals surface area (Å²) in [6.07, 6.45) is 6.92. The summed E-state index contributed by atoms with van der Waals surface area (Å²) in [5.74, 6) is 0.929. The average Bonchev–Trinajstić information content (AvgIpc) is 2.61. The zero-order valence-electron chi connectivity index (χ0n) is 13.7. The fourth-order valence-electron chi connectivity index (χ4n) is 3.08. The third kappa shape index (κ3) is 4.74. The molecule has 0 amide bonds. The van der Waals surface area contributed by atoms with E-state index in [0.717, 1.165) is 18.5 Å². The van der Waals surface area contributed by atoms with Crippen molar-refractivity contribution in [1.82, 2.24) is 5.32 Å². The molecule has 1 aromatic carbocycles. The molecule has 1 saturated carbocycles. The van der Waals surface area contributed by atoms with Crippen molar-refractivity contribution in [2.24, 2.45) is 5.92 Å². The molecule has 2 atom stereocenters. The van der Waals surface area contributed by atoms with Gasteiger partial charge in [-0.2, -0.15) is 0 Å². The first-order valence-electron chi connectivity index (χ1n) is 8.28. The summed E-state index contributed by atoms with van der Waals surface area (Å²) in [5, 5.41) is 5.33. The van der Waals surface area contributed by atoms with Crippen LogP contribution in [0.25, 0.3) is 0 Å². The van der Waals surface area contributed by atoms with E-state index in [1.54, 1.807) is 5.19 Å². The van der Waals surface area contributed by atoms with Crippen molar-refractivity contribution >= 4 is 13.3 Å². The second-order valence-electron chi connectivity index (χ2n) is 7.64. The first-order valence-corrected chi connectivity index (χ1v) is 11.8. The van der Waals surface area contributed by atoms with Crippen molar-refractivity contribution in [1.29, 1.82) is 0 Å². The molecule has 112 valence electrons. The van der Waals surface area contributed by atoms with Crippen LogP contribution in [-0.2, 0) is 6.54 Å². The Labute approximate surface area is 126 Å². The van der Waals surface area contributed by atoms with Gasteiger partial charge in [0.25, 0.3) is 0 Å². The lowest BCUT2D eigenvalue weighted by atomic mass is 10.0. The highest BCUT2D eigenvalue weighted by molar-refractivity contribution is 6.88. The first kappa shape index (κ1) is 15.8. The molecule has 1 aliphatic carbocycles. The van der Waals surface area contributed by atoms with E-state index in [2.05, 4.69) is 56.1 Å². The molecule has 0 aliphatic heterocycles. The molecule has 1 aromatic rings. The Balaban J connectivity index is 1.84. The summed E-state index contributed by atoms with van der Waals surface area (Å²) < 4.78 is 0. The lowest BCUT2D eigenvalue weighted by Gasteiger charge is -2.19. The molecule has 0 spiro atoms. The Hall–Kier alpha value is -0.603. The van der Waals surface area contributed by atoms with Gasteiger partial charge in [-0.05, 0) is 30.7 Å². The van der Waals surface area contributed by atoms with Gasteiger partial charge in [-0.3, -0.25) is 0 Å². The molecular weight excluding hydrogens is 258 g/mol. The highest BCUT2D eigenvalue weighted by atomic mass is 28.3. The summed E-state index contributed by atoms with van der Waals surface area (Å²) in [6.45, 7) is 10.7. The van der Waals surface area contributed by atoms with Crippen LogP contribution in [0.3, 0.4) is 0 Å². The van der Waals surface area contributed by atoms with Gasteiger partial charge in [-0.25, -0.2) is 0 Å². The monoisotopic (exact) mass is 289 g/mol. The minimum atomic E-state index is -1.15. The molecule has 2 unspecified atom stereocenters. The van der Waals surface area contributed by atoms with Crippen molar-refractivity contribution in [2.45, 2.75) is 71.3 Å². The van der Waals surface area contributed by atoms with Gasteiger partial charge in [0, 0.05) is 12.6 Å². The minimum absolute atomic E-state index is 0.733. The predicted molar refractivity (Wildman–Crippen MR) is 92.3 cm³/mol. The van der Waals surface area contributed by atoms with Gasteiger partial charge in [0.05, 0.1) is 8.07 Å². The molecule has 0 saturated heterocycles. The van der Waals surface area contributed by atoms with E-state index >= 15 is 0 Å². The van der Waals surface area contributed by atoms with Crippen LogP contribution in [0.5, 0.6) is 0 Å². The quantitative estimate of drug-likeness (QED) is 0.644. The summed E-state index contributed by atoms with van der Waals surface area (Å²) in [7, 11) is -1.15. The highest BCUT2D eigenvalue weighted by Gasteiger charge is 2.17. The van der Waals surface area contributed by atoms with Crippen LogP contribution in [0.1, 0.15) is 44.6 Å². The third-order valence-corrected chi connectivity index (χ3v) is 6.74. The molecule has 2 heteroatoms. The van der Waals surface area contributed by atoms with Gasteiger partial charge in [0.2, 0.25) is 0 Å². The van der Waals surface area contributed by atoms with Gasteiger partial charge in [0.1, 0.15) is 0 Å². The van der Waals surface area contributed by atoms with Gasteiger partial charge in [0.15, 0.2) is 0 Å². The van der Waals surface area contributed by atoms with Gasteiger partial charge >= 0.3 is 0 Å². The molecule has 0 radical (unpaired) electrons. The van der Waals surface area contributed by atoms with Crippen LogP contribution in [0.2, 0.25) is 19.6 Å². The van der Waals surface area contributed by atoms with Crippen LogP contribution >= 0.6 is 0 Å². The summed E-state index contributed by atoms with van der Waals surface area (Å²) >= 11 is 0. The van der Waals surface area contributed by atoms with Crippen LogP contribution < -0.4 is 10.5 Å². The molecule has 0 heterocycles. The number of benzene rings is 1. The van der Waals surface area contributed by atoms with E-state index in [9.17, 15) is 0 Å². The molecule has 1 fully saturated rings. The molecule has 1 aliphatic rings. The van der Waals surface area contributed by atoms with E-state index < -0.39 is 8.07 Å². The standard InChI is InChI=1S/C18H31NSi/c1-15-6-5-7-17(11-8-15)19-14-16-9-12-18(13-10-16)20(2,3)4/h9-10,12-13,15,17,19H,5-8,11,14H2,1-4H3. The van der Waals surface area contributed by atoms with E-state index in [1.807, 2.05) is 0 Å². The van der Waals surface area contributed by atoms with Crippen molar-refractivity contribution in [3.63, 3.8) is 0 Å². The number of hydrogen-bond donors (Lipinski definition) is 1. The van der Waals surface area contributed by atoms with Crippen LogP contribution in [0.4, 0.5) is 0 Å². The number of hydrogen-bond acceptors (Lipinski definition) is 1. The van der Waals surface area contributed by atoms with E-state index in [4.69, 9.17) is 0 Å². The summed E-state index contributed by atoms with van der Waals surface area (Å²) in [6, 6.07) is 10.1. The Kier molecular flexibility index (Phi) is 5.45. The van der Waals surface area contributed by atoms with Gasteiger partial charge in [-0.1, -0.05) is 68.9 Å². The summed E-state index contributed by atoms with van der Waals surface area (Å²) in [4.78, 5) is 0. The number of rotatable bonds is 4. The first-order chi connectivity index (χ1) is 9.45. The molecule has 0 bridgehead atoms. The predicted octanol–water partition coefficient (Wildman–Crippen LogP) is 4.29. The van der Waals surface area contributed by atoms with Crippen LogP contribution in [-0.4, -0.2) is 14.1 Å². The van der Waals surface area contributed by atoms with Crippen molar-refractivity contribution in [2.75, 3.05) is 0 Å². The number of nitrogens with one attached hydrogen (secondary N) is 1. The average molecular weight is 290 g/mol. The molecule has 20 heavy (non-hydrogen) atoms. The van der Waals surface area contributed by atoms with Crippen LogP contribution in [0, 0.1) is 5.92 Å². The van der Waals surface area contributed by atoms with Gasteiger partial charge in [-0.15, -0.1) is 0 Å². The highest BCUT2D eigenvalue weighted by Crippen LogP contribution is 2.22. The SMILES string of the molecule is CC1CCCC(NCc2ccc([Si](C)(C)C)cc2)CC1. The topological polar surface area (TPSA) is 12.0 Å². The zero-order valence-corrected chi connectivity index (χ0v) is 14.7. The van der Waals surface area contributed by atoms with Gasteiger partial charge < -0.3 is 5.32 Å². The maximum atomic E-state index is 3.77. The Morgan fingerprint density at radius 2 is 1.70 bits per heavy atom. The Morgan fingerprint density at radius 1 is 1.00 bits per heavy atom. The largest absolute Gasteiger partial charge is 0.310 e. The maximum Gasteiger partial charge on any atom is 0.0775 e. The Morgan fingerprint density at radius 3 is 2.35 bits per heavy atom. The maximum absolute atomic E-state index is 3.77. The second-order valence-corrected chi connectivity index (χ2v) is 12.7. The van der Waals surface area contributed by atoms with Crippen LogP contribution in [0.15, 0.2) is 24.3 Å². The molecule has 2 rings (SSSR count). The zero-order chi connectivity index (χ0) is 14.6. The molecule has 1 nitrogen and oxygen atoms in total. The van der Waals surface area contributed by atoms with Crippen molar-refractivity contribution in [3.05, 3.63) is 29.8 Å². The molecule has 1 N–H and O–H groups in total. The fraction of sp³-hybridized carbons (Fsp3) is 0.667. The van der Waals surface area contributed by atoms with E-state index in [1.165, 1.54) is 37.7 Å². The molecular formula is C18H31NSi. The van der Waals surface area contributed by atoms with E-state index in [-0.39, 0.29) is 0 Å². The summed E-state index contributed by atoms with van der Waals surface area (Å²) in [5.41, 5.74) is 1.43. The second kappa shape index (κ2) is 6.90. The minimum Gasteiger partial charge on any atom is -0.310 e. The normalized spacial score (nSPS) is 24.4. The van der Waals surface area contributed by atoms with Crippen molar-refractivity contribution in [3.8, 4) is 0 Å².